The lowest BCUT2D eigenvalue weighted by atomic mass is 9.96. The molecule has 1 amide bonds. The number of hydrogen-bond acceptors (Lipinski definition) is 3. The van der Waals surface area contributed by atoms with Crippen LogP contribution < -0.4 is 0 Å². The van der Waals surface area contributed by atoms with E-state index in [2.05, 4.69) is 40.1 Å². The van der Waals surface area contributed by atoms with Crippen molar-refractivity contribution in [1.29, 1.82) is 0 Å². The fraction of sp³-hybridized carbons (Fsp3) is 0.667. The van der Waals surface area contributed by atoms with Gasteiger partial charge < -0.3 is 9.64 Å². The van der Waals surface area contributed by atoms with Crippen molar-refractivity contribution in [2.75, 3.05) is 26.3 Å². The van der Waals surface area contributed by atoms with Crippen LogP contribution in [0.3, 0.4) is 0 Å². The van der Waals surface area contributed by atoms with E-state index in [1.54, 1.807) is 0 Å². The van der Waals surface area contributed by atoms with Crippen LogP contribution in [0.2, 0.25) is 0 Å². The summed E-state index contributed by atoms with van der Waals surface area (Å²) in [6.45, 7) is 4.63. The predicted octanol–water partition coefficient (Wildman–Crippen LogP) is 3.07. The quantitative estimate of drug-likeness (QED) is 0.843. The zero-order valence-corrected chi connectivity index (χ0v) is 15.1. The number of benzene rings is 1. The first kappa shape index (κ1) is 17.0. The maximum Gasteiger partial charge on any atom is 0.226 e. The molecular formula is C21H30N2O2. The molecule has 0 saturated carbocycles. The van der Waals surface area contributed by atoms with Gasteiger partial charge in [-0.1, -0.05) is 30.3 Å². The van der Waals surface area contributed by atoms with Crippen molar-refractivity contribution in [1.82, 2.24) is 9.80 Å². The Bertz CT molecular complexity index is 571. The number of amides is 1. The molecule has 0 bridgehead atoms. The van der Waals surface area contributed by atoms with Crippen molar-refractivity contribution in [3.63, 3.8) is 0 Å². The Morgan fingerprint density at radius 3 is 2.48 bits per heavy atom. The fourth-order valence-corrected chi connectivity index (χ4v) is 4.95. The predicted molar refractivity (Wildman–Crippen MR) is 98.2 cm³/mol. The topological polar surface area (TPSA) is 32.8 Å². The summed E-state index contributed by atoms with van der Waals surface area (Å²) in [5, 5.41) is 0. The smallest absolute Gasteiger partial charge is 0.226 e. The number of carbonyl (C=O) groups excluding carboxylic acids is 1. The van der Waals surface area contributed by atoms with Gasteiger partial charge in [-0.25, -0.2) is 0 Å². The number of carbonyl (C=O) groups is 1. The molecule has 4 nitrogen and oxygen atoms in total. The van der Waals surface area contributed by atoms with E-state index >= 15 is 0 Å². The average molecular weight is 342 g/mol. The summed E-state index contributed by atoms with van der Waals surface area (Å²) in [7, 11) is 0. The molecular weight excluding hydrogens is 312 g/mol. The zero-order valence-electron chi connectivity index (χ0n) is 15.1. The first-order chi connectivity index (χ1) is 12.3. The molecule has 2 atom stereocenters. The van der Waals surface area contributed by atoms with Crippen LogP contribution in [0, 0.1) is 5.92 Å². The molecule has 1 aromatic carbocycles. The lowest BCUT2D eigenvalue weighted by Gasteiger charge is -2.37. The molecule has 25 heavy (non-hydrogen) atoms. The van der Waals surface area contributed by atoms with Crippen molar-refractivity contribution in [3.8, 4) is 0 Å². The molecule has 3 fully saturated rings. The van der Waals surface area contributed by atoms with Gasteiger partial charge in [0.15, 0.2) is 0 Å². The Balaban J connectivity index is 1.44. The third-order valence-corrected chi connectivity index (χ3v) is 6.24. The van der Waals surface area contributed by atoms with E-state index in [9.17, 15) is 4.79 Å². The minimum absolute atomic E-state index is 0.193. The van der Waals surface area contributed by atoms with Crippen LogP contribution in [0.5, 0.6) is 0 Å². The molecule has 136 valence electrons. The zero-order chi connectivity index (χ0) is 17.1. The summed E-state index contributed by atoms with van der Waals surface area (Å²) in [6.07, 6.45) is 6.63. The highest BCUT2D eigenvalue weighted by Gasteiger charge is 2.41. The molecule has 4 rings (SSSR count). The third kappa shape index (κ3) is 3.75. The molecule has 3 aliphatic heterocycles. The van der Waals surface area contributed by atoms with E-state index in [1.165, 1.54) is 24.8 Å². The van der Waals surface area contributed by atoms with Gasteiger partial charge in [-0.2, -0.15) is 0 Å². The monoisotopic (exact) mass is 342 g/mol. The highest BCUT2D eigenvalue weighted by atomic mass is 16.5. The molecule has 3 heterocycles. The van der Waals surface area contributed by atoms with Gasteiger partial charge in [-0.3, -0.25) is 9.69 Å². The van der Waals surface area contributed by atoms with E-state index < -0.39 is 0 Å². The van der Waals surface area contributed by atoms with Crippen LogP contribution in [0.15, 0.2) is 30.3 Å². The van der Waals surface area contributed by atoms with E-state index in [4.69, 9.17) is 4.74 Å². The average Bonchev–Trinajstić information content (AvgIpc) is 3.31. The minimum Gasteiger partial charge on any atom is -0.381 e. The van der Waals surface area contributed by atoms with Gasteiger partial charge in [0.25, 0.3) is 0 Å². The number of likely N-dealkylation sites (tertiary alicyclic amines) is 2. The summed E-state index contributed by atoms with van der Waals surface area (Å²) in [5.74, 6) is 0.593. The van der Waals surface area contributed by atoms with Gasteiger partial charge in [0, 0.05) is 44.3 Å². The minimum atomic E-state index is 0.193. The lowest BCUT2D eigenvalue weighted by Crippen LogP contribution is -2.50. The first-order valence-electron chi connectivity index (χ1n) is 9.99. The standard InChI is InChI=1S/C21H30N2O2/c24-21(18-10-14-25-15-11-18)23-13-5-9-20(23)19-8-4-12-22(19)16-17-6-2-1-3-7-17/h1-3,6-7,18-20H,4-5,8-16H2/t19-,20-/m0/s1. The Hall–Kier alpha value is -1.39. The number of rotatable bonds is 4. The normalized spacial score (nSPS) is 28.6. The molecule has 3 saturated heterocycles. The number of ether oxygens (including phenoxy) is 1. The second-order valence-electron chi connectivity index (χ2n) is 7.79. The molecule has 0 aliphatic carbocycles. The van der Waals surface area contributed by atoms with Gasteiger partial charge in [-0.15, -0.1) is 0 Å². The van der Waals surface area contributed by atoms with E-state index in [0.29, 0.717) is 18.0 Å². The highest BCUT2D eigenvalue weighted by molar-refractivity contribution is 5.79. The van der Waals surface area contributed by atoms with E-state index in [-0.39, 0.29) is 5.92 Å². The Morgan fingerprint density at radius 2 is 1.68 bits per heavy atom. The number of nitrogens with zero attached hydrogens (tertiary/aromatic N) is 2. The van der Waals surface area contributed by atoms with Crippen LogP contribution in [-0.2, 0) is 16.1 Å². The van der Waals surface area contributed by atoms with Crippen LogP contribution in [0.25, 0.3) is 0 Å². The van der Waals surface area contributed by atoms with Gasteiger partial charge in [-0.05, 0) is 50.6 Å². The second-order valence-corrected chi connectivity index (χ2v) is 7.79. The van der Waals surface area contributed by atoms with Gasteiger partial charge in [0.1, 0.15) is 0 Å². The fourth-order valence-electron chi connectivity index (χ4n) is 4.95. The maximum absolute atomic E-state index is 13.1. The first-order valence-corrected chi connectivity index (χ1v) is 9.99. The van der Waals surface area contributed by atoms with E-state index in [0.717, 1.165) is 52.1 Å². The van der Waals surface area contributed by atoms with E-state index in [1.807, 2.05) is 0 Å². The van der Waals surface area contributed by atoms with Crippen molar-refractivity contribution in [2.45, 2.75) is 57.2 Å². The molecule has 3 aliphatic rings. The second kappa shape index (κ2) is 7.88. The van der Waals surface area contributed by atoms with Gasteiger partial charge in [0.05, 0.1) is 0 Å². The van der Waals surface area contributed by atoms with Crippen molar-refractivity contribution in [3.05, 3.63) is 35.9 Å². The maximum atomic E-state index is 13.1. The largest absolute Gasteiger partial charge is 0.381 e. The molecule has 0 radical (unpaired) electrons. The van der Waals surface area contributed by atoms with Gasteiger partial charge in [0.2, 0.25) is 5.91 Å². The molecule has 0 N–H and O–H groups in total. The highest BCUT2D eigenvalue weighted by Crippen LogP contribution is 2.33. The molecule has 0 aromatic heterocycles. The summed E-state index contributed by atoms with van der Waals surface area (Å²) in [5.41, 5.74) is 1.38. The summed E-state index contributed by atoms with van der Waals surface area (Å²) >= 11 is 0. The summed E-state index contributed by atoms with van der Waals surface area (Å²) in [4.78, 5) is 17.9. The molecule has 1 aromatic rings. The molecule has 4 heteroatoms. The Morgan fingerprint density at radius 1 is 0.960 bits per heavy atom. The summed E-state index contributed by atoms with van der Waals surface area (Å²) < 4.78 is 5.44. The Kier molecular flexibility index (Phi) is 5.37. The van der Waals surface area contributed by atoms with Gasteiger partial charge >= 0.3 is 0 Å². The van der Waals surface area contributed by atoms with Crippen molar-refractivity contribution >= 4 is 5.91 Å². The Labute approximate surface area is 151 Å². The third-order valence-electron chi connectivity index (χ3n) is 6.24. The van der Waals surface area contributed by atoms with Crippen molar-refractivity contribution < 1.29 is 9.53 Å². The molecule has 0 spiro atoms. The van der Waals surface area contributed by atoms with Crippen LogP contribution in [0.1, 0.15) is 44.1 Å². The SMILES string of the molecule is O=C(C1CCOCC1)N1CCC[C@H]1[C@@H]1CCCN1Cc1ccccc1. The van der Waals surface area contributed by atoms with Crippen LogP contribution in [-0.4, -0.2) is 54.1 Å². The summed E-state index contributed by atoms with van der Waals surface area (Å²) in [6, 6.07) is 11.7. The van der Waals surface area contributed by atoms with Crippen LogP contribution >= 0.6 is 0 Å². The lowest BCUT2D eigenvalue weighted by molar-refractivity contribution is -0.140. The van der Waals surface area contributed by atoms with Crippen molar-refractivity contribution in [2.24, 2.45) is 5.92 Å². The van der Waals surface area contributed by atoms with Crippen LogP contribution in [0.4, 0.5) is 0 Å². The number of hydrogen-bond donors (Lipinski definition) is 0. The molecule has 0 unspecified atom stereocenters.